The summed E-state index contributed by atoms with van der Waals surface area (Å²) >= 11 is 11.5. The number of halogens is 2. The predicted octanol–water partition coefficient (Wildman–Crippen LogP) is 3.14. The molecular formula is C13H15Cl2NO2. The maximum atomic E-state index is 12.2. The fraction of sp³-hybridized carbons (Fsp3) is 0.462. The standard InChI is InChI=1S/C13H15Cl2NO2/c14-5-3-9-4-6-16(8-9)13(18)10-1-2-12(17)11(15)7-10/h1-2,7,9,17H,3-6,8H2. The zero-order valence-corrected chi connectivity index (χ0v) is 11.4. The number of carbonyl (C=O) groups excluding carboxylic acids is 1. The lowest BCUT2D eigenvalue weighted by molar-refractivity contribution is 0.0787. The van der Waals surface area contributed by atoms with Crippen LogP contribution in [0.15, 0.2) is 18.2 Å². The van der Waals surface area contributed by atoms with Crippen LogP contribution in [0.5, 0.6) is 5.75 Å². The molecule has 1 aromatic carbocycles. The van der Waals surface area contributed by atoms with Crippen LogP contribution in [0.4, 0.5) is 0 Å². The molecule has 1 fully saturated rings. The molecule has 0 aromatic heterocycles. The van der Waals surface area contributed by atoms with Crippen molar-refractivity contribution in [3.8, 4) is 5.75 Å². The summed E-state index contributed by atoms with van der Waals surface area (Å²) in [6.07, 6.45) is 1.95. The first-order valence-corrected chi connectivity index (χ1v) is 6.87. The van der Waals surface area contributed by atoms with Crippen molar-refractivity contribution in [1.82, 2.24) is 4.90 Å². The molecule has 0 saturated carbocycles. The number of hydrogen-bond donors (Lipinski definition) is 1. The average Bonchev–Trinajstić information content (AvgIpc) is 2.81. The molecule has 1 atom stereocenters. The number of aromatic hydroxyl groups is 1. The Morgan fingerprint density at radius 2 is 2.28 bits per heavy atom. The van der Waals surface area contributed by atoms with Gasteiger partial charge in [-0.3, -0.25) is 4.79 Å². The van der Waals surface area contributed by atoms with Crippen LogP contribution in [-0.2, 0) is 0 Å². The van der Waals surface area contributed by atoms with Crippen LogP contribution >= 0.6 is 23.2 Å². The number of likely N-dealkylation sites (tertiary alicyclic amines) is 1. The molecular weight excluding hydrogens is 273 g/mol. The molecule has 1 unspecified atom stereocenters. The van der Waals surface area contributed by atoms with Crippen molar-refractivity contribution in [1.29, 1.82) is 0 Å². The highest BCUT2D eigenvalue weighted by Gasteiger charge is 2.26. The van der Waals surface area contributed by atoms with Crippen molar-refractivity contribution < 1.29 is 9.90 Å². The molecule has 3 nitrogen and oxygen atoms in total. The van der Waals surface area contributed by atoms with Gasteiger partial charge < -0.3 is 10.0 Å². The largest absolute Gasteiger partial charge is 0.506 e. The minimum Gasteiger partial charge on any atom is -0.506 e. The molecule has 0 aliphatic carbocycles. The number of rotatable bonds is 3. The van der Waals surface area contributed by atoms with Crippen molar-refractivity contribution in [2.75, 3.05) is 19.0 Å². The number of carbonyl (C=O) groups is 1. The Morgan fingerprint density at radius 1 is 1.50 bits per heavy atom. The SMILES string of the molecule is O=C(c1ccc(O)c(Cl)c1)N1CCC(CCCl)C1. The summed E-state index contributed by atoms with van der Waals surface area (Å²) in [5.41, 5.74) is 0.518. The Balaban J connectivity index is 2.05. The number of alkyl halides is 1. The van der Waals surface area contributed by atoms with Crippen LogP contribution in [0.25, 0.3) is 0 Å². The third-order valence-corrected chi connectivity index (χ3v) is 3.81. The van der Waals surface area contributed by atoms with Crippen LogP contribution in [0.2, 0.25) is 5.02 Å². The molecule has 1 aromatic rings. The van der Waals surface area contributed by atoms with Gasteiger partial charge in [0.05, 0.1) is 5.02 Å². The molecule has 98 valence electrons. The third kappa shape index (κ3) is 2.90. The van der Waals surface area contributed by atoms with Gasteiger partial charge in [-0.15, -0.1) is 11.6 Å². The van der Waals surface area contributed by atoms with Crippen LogP contribution in [0, 0.1) is 5.92 Å². The van der Waals surface area contributed by atoms with Crippen molar-refractivity contribution >= 4 is 29.1 Å². The molecule has 1 N–H and O–H groups in total. The molecule has 1 heterocycles. The molecule has 0 bridgehead atoms. The normalized spacial score (nSPS) is 19.2. The van der Waals surface area contributed by atoms with Gasteiger partial charge in [-0.25, -0.2) is 0 Å². The summed E-state index contributed by atoms with van der Waals surface area (Å²) in [6, 6.07) is 4.55. The van der Waals surface area contributed by atoms with Crippen molar-refractivity contribution in [2.24, 2.45) is 5.92 Å². The summed E-state index contributed by atoms with van der Waals surface area (Å²) in [6.45, 7) is 1.52. The van der Waals surface area contributed by atoms with E-state index in [0.717, 1.165) is 25.9 Å². The smallest absolute Gasteiger partial charge is 0.253 e. The van der Waals surface area contributed by atoms with E-state index in [4.69, 9.17) is 23.2 Å². The van der Waals surface area contributed by atoms with Gasteiger partial charge in [-0.1, -0.05) is 11.6 Å². The van der Waals surface area contributed by atoms with Gasteiger partial charge in [0.25, 0.3) is 5.91 Å². The van der Waals surface area contributed by atoms with Gasteiger partial charge in [-0.05, 0) is 37.0 Å². The zero-order chi connectivity index (χ0) is 13.1. The van der Waals surface area contributed by atoms with E-state index >= 15 is 0 Å². The maximum Gasteiger partial charge on any atom is 0.253 e. The second-order valence-corrected chi connectivity index (χ2v) is 5.33. The highest BCUT2D eigenvalue weighted by atomic mass is 35.5. The Bertz CT molecular complexity index is 451. The highest BCUT2D eigenvalue weighted by Crippen LogP contribution is 2.26. The van der Waals surface area contributed by atoms with E-state index in [1.165, 1.54) is 12.1 Å². The molecule has 5 heteroatoms. The highest BCUT2D eigenvalue weighted by molar-refractivity contribution is 6.32. The molecule has 0 spiro atoms. The van der Waals surface area contributed by atoms with Gasteiger partial charge in [0.1, 0.15) is 5.75 Å². The summed E-state index contributed by atoms with van der Waals surface area (Å²) < 4.78 is 0. The summed E-state index contributed by atoms with van der Waals surface area (Å²) in [5.74, 6) is 1.10. The van der Waals surface area contributed by atoms with E-state index in [1.54, 1.807) is 6.07 Å². The van der Waals surface area contributed by atoms with E-state index in [9.17, 15) is 9.90 Å². The minimum atomic E-state index is -0.0334. The van der Waals surface area contributed by atoms with Gasteiger partial charge in [0, 0.05) is 24.5 Å². The minimum absolute atomic E-state index is 0.00495. The molecule has 1 amide bonds. The first-order valence-electron chi connectivity index (χ1n) is 5.95. The molecule has 1 aliphatic rings. The number of phenols is 1. The Labute approximate surface area is 116 Å². The van der Waals surface area contributed by atoms with Crippen molar-refractivity contribution in [3.63, 3.8) is 0 Å². The second kappa shape index (κ2) is 5.81. The van der Waals surface area contributed by atoms with E-state index in [-0.39, 0.29) is 16.7 Å². The summed E-state index contributed by atoms with van der Waals surface area (Å²) in [7, 11) is 0. The Kier molecular flexibility index (Phi) is 4.36. The third-order valence-electron chi connectivity index (χ3n) is 3.29. The molecule has 0 radical (unpaired) electrons. The summed E-state index contributed by atoms with van der Waals surface area (Å²) in [5, 5.41) is 9.54. The van der Waals surface area contributed by atoms with Gasteiger partial charge >= 0.3 is 0 Å². The fourth-order valence-electron chi connectivity index (χ4n) is 2.23. The lowest BCUT2D eigenvalue weighted by Crippen LogP contribution is -2.28. The van der Waals surface area contributed by atoms with E-state index in [1.807, 2.05) is 4.90 Å². The van der Waals surface area contributed by atoms with E-state index in [0.29, 0.717) is 17.4 Å². The monoisotopic (exact) mass is 287 g/mol. The number of amides is 1. The van der Waals surface area contributed by atoms with E-state index in [2.05, 4.69) is 0 Å². The number of nitrogens with zero attached hydrogens (tertiary/aromatic N) is 1. The molecule has 1 aliphatic heterocycles. The van der Waals surface area contributed by atoms with Gasteiger partial charge in [-0.2, -0.15) is 0 Å². The number of benzene rings is 1. The second-order valence-electron chi connectivity index (χ2n) is 4.55. The lowest BCUT2D eigenvalue weighted by atomic mass is 10.1. The fourth-order valence-corrected chi connectivity index (χ4v) is 2.72. The first-order chi connectivity index (χ1) is 8.61. The first kappa shape index (κ1) is 13.5. The Morgan fingerprint density at radius 3 is 2.94 bits per heavy atom. The van der Waals surface area contributed by atoms with Crippen molar-refractivity contribution in [2.45, 2.75) is 12.8 Å². The van der Waals surface area contributed by atoms with Crippen LogP contribution in [0.3, 0.4) is 0 Å². The van der Waals surface area contributed by atoms with Gasteiger partial charge in [0.15, 0.2) is 0 Å². The van der Waals surface area contributed by atoms with Crippen molar-refractivity contribution in [3.05, 3.63) is 28.8 Å². The lowest BCUT2D eigenvalue weighted by Gasteiger charge is -2.16. The molecule has 2 rings (SSSR count). The summed E-state index contributed by atoms with van der Waals surface area (Å²) in [4.78, 5) is 14.0. The van der Waals surface area contributed by atoms with Crippen LogP contribution < -0.4 is 0 Å². The number of hydrogen-bond acceptors (Lipinski definition) is 2. The maximum absolute atomic E-state index is 12.2. The molecule has 1 saturated heterocycles. The molecule has 18 heavy (non-hydrogen) atoms. The zero-order valence-electron chi connectivity index (χ0n) is 9.90. The van der Waals surface area contributed by atoms with E-state index < -0.39 is 0 Å². The Hall–Kier alpha value is -0.930. The predicted molar refractivity (Wildman–Crippen MR) is 72.5 cm³/mol. The average molecular weight is 288 g/mol. The van der Waals surface area contributed by atoms with Gasteiger partial charge in [0.2, 0.25) is 0 Å². The van der Waals surface area contributed by atoms with Crippen LogP contribution in [0.1, 0.15) is 23.2 Å². The quantitative estimate of drug-likeness (QED) is 0.868. The topological polar surface area (TPSA) is 40.5 Å². The van der Waals surface area contributed by atoms with Crippen LogP contribution in [-0.4, -0.2) is 34.9 Å². The number of phenolic OH excluding ortho intramolecular Hbond substituents is 1.